The molecule has 0 unspecified atom stereocenters. The van der Waals surface area contributed by atoms with Crippen LogP contribution in [0.1, 0.15) is 10.4 Å². The monoisotopic (exact) mass is 233 g/mol. The number of rotatable bonds is 3. The average molecular weight is 233 g/mol. The number of aromatic carboxylic acids is 1. The molecule has 0 atom stereocenters. The minimum absolute atomic E-state index is 0.0198. The fraction of sp³-hybridized carbons (Fsp3) is 0.100. The Morgan fingerprint density at radius 1 is 1.59 bits per heavy atom. The first-order valence-electron chi connectivity index (χ1n) is 4.81. The number of hydrogen-bond acceptors (Lipinski definition) is 5. The first-order valence-corrected chi connectivity index (χ1v) is 4.81. The molecular formula is C10H11N5O2. The van der Waals surface area contributed by atoms with Gasteiger partial charge in [0.15, 0.2) is 5.82 Å². The Morgan fingerprint density at radius 3 is 2.94 bits per heavy atom. The molecule has 17 heavy (non-hydrogen) atoms. The molecule has 0 saturated heterocycles. The zero-order valence-electron chi connectivity index (χ0n) is 9.08. The van der Waals surface area contributed by atoms with Crippen LogP contribution < -0.4 is 11.1 Å². The van der Waals surface area contributed by atoms with E-state index in [9.17, 15) is 4.79 Å². The molecule has 0 saturated carbocycles. The van der Waals surface area contributed by atoms with Gasteiger partial charge in [0.25, 0.3) is 0 Å². The largest absolute Gasteiger partial charge is 0.478 e. The summed E-state index contributed by atoms with van der Waals surface area (Å²) in [6, 6.07) is 1.35. The van der Waals surface area contributed by atoms with Crippen molar-refractivity contribution in [2.24, 2.45) is 7.05 Å². The predicted octanol–water partition coefficient (Wildman–Crippen LogP) is 0.839. The lowest BCUT2D eigenvalue weighted by molar-refractivity contribution is 0.0698. The quantitative estimate of drug-likeness (QED) is 0.725. The van der Waals surface area contributed by atoms with Gasteiger partial charge in [0.1, 0.15) is 0 Å². The van der Waals surface area contributed by atoms with Gasteiger partial charge in [-0.3, -0.25) is 4.68 Å². The Morgan fingerprint density at radius 2 is 2.35 bits per heavy atom. The highest BCUT2D eigenvalue weighted by molar-refractivity contribution is 5.96. The molecule has 2 heterocycles. The average Bonchev–Trinajstić information content (AvgIpc) is 2.67. The predicted molar refractivity (Wildman–Crippen MR) is 62.1 cm³/mol. The van der Waals surface area contributed by atoms with E-state index in [-0.39, 0.29) is 11.3 Å². The SMILES string of the molecule is Cn1cc(Nc2nccc(C(=O)O)c2N)cn1. The third-order valence-corrected chi connectivity index (χ3v) is 2.19. The minimum Gasteiger partial charge on any atom is -0.478 e. The van der Waals surface area contributed by atoms with E-state index in [0.717, 1.165) is 0 Å². The number of hydrogen-bond donors (Lipinski definition) is 3. The molecule has 0 aliphatic carbocycles. The molecule has 0 spiro atoms. The van der Waals surface area contributed by atoms with Gasteiger partial charge < -0.3 is 16.2 Å². The summed E-state index contributed by atoms with van der Waals surface area (Å²) in [7, 11) is 1.77. The number of carboxylic acid groups (broad SMARTS) is 1. The summed E-state index contributed by atoms with van der Waals surface area (Å²) in [6.45, 7) is 0. The second-order valence-electron chi connectivity index (χ2n) is 3.45. The second kappa shape index (κ2) is 4.12. The zero-order chi connectivity index (χ0) is 12.4. The Hall–Kier alpha value is -2.57. The number of carbonyl (C=O) groups is 1. The summed E-state index contributed by atoms with van der Waals surface area (Å²) in [6.07, 6.45) is 4.71. The van der Waals surface area contributed by atoms with Crippen LogP contribution in [0.2, 0.25) is 0 Å². The highest BCUT2D eigenvalue weighted by Gasteiger charge is 2.12. The van der Waals surface area contributed by atoms with E-state index in [4.69, 9.17) is 10.8 Å². The Kier molecular flexibility index (Phi) is 2.65. The summed E-state index contributed by atoms with van der Waals surface area (Å²) in [4.78, 5) is 14.9. The zero-order valence-corrected chi connectivity index (χ0v) is 9.08. The van der Waals surface area contributed by atoms with Gasteiger partial charge in [-0.2, -0.15) is 5.10 Å². The van der Waals surface area contributed by atoms with Crippen molar-refractivity contribution >= 4 is 23.2 Å². The molecule has 2 aromatic rings. The number of nitrogen functional groups attached to an aromatic ring is 1. The van der Waals surface area contributed by atoms with Gasteiger partial charge in [0.2, 0.25) is 0 Å². The summed E-state index contributed by atoms with van der Waals surface area (Å²) >= 11 is 0. The number of nitrogens with two attached hydrogens (primary N) is 1. The Labute approximate surface area is 96.9 Å². The van der Waals surface area contributed by atoms with E-state index < -0.39 is 5.97 Å². The molecule has 0 aliphatic heterocycles. The number of aromatic nitrogens is 3. The number of pyridine rings is 1. The Balaban J connectivity index is 2.33. The van der Waals surface area contributed by atoms with Gasteiger partial charge in [-0.15, -0.1) is 0 Å². The van der Waals surface area contributed by atoms with Crippen molar-refractivity contribution in [1.82, 2.24) is 14.8 Å². The van der Waals surface area contributed by atoms with Crippen molar-refractivity contribution in [2.45, 2.75) is 0 Å². The van der Waals surface area contributed by atoms with Crippen LogP contribution in [0, 0.1) is 0 Å². The molecule has 0 aromatic carbocycles. The molecule has 0 radical (unpaired) electrons. The molecular weight excluding hydrogens is 222 g/mol. The van der Waals surface area contributed by atoms with Crippen molar-refractivity contribution in [3.05, 3.63) is 30.2 Å². The summed E-state index contributed by atoms with van der Waals surface area (Å²) in [5, 5.41) is 15.8. The smallest absolute Gasteiger partial charge is 0.337 e. The minimum atomic E-state index is -1.08. The molecule has 88 valence electrons. The first-order chi connectivity index (χ1) is 8.08. The van der Waals surface area contributed by atoms with Crippen LogP contribution >= 0.6 is 0 Å². The number of carboxylic acids is 1. The maximum atomic E-state index is 10.9. The summed E-state index contributed by atoms with van der Waals surface area (Å²) in [5.41, 5.74) is 6.52. The van der Waals surface area contributed by atoms with Crippen molar-refractivity contribution in [2.75, 3.05) is 11.1 Å². The van der Waals surface area contributed by atoms with Gasteiger partial charge in [0, 0.05) is 19.4 Å². The highest BCUT2D eigenvalue weighted by atomic mass is 16.4. The van der Waals surface area contributed by atoms with E-state index in [1.807, 2.05) is 0 Å². The van der Waals surface area contributed by atoms with E-state index in [1.165, 1.54) is 12.3 Å². The lowest BCUT2D eigenvalue weighted by atomic mass is 10.2. The van der Waals surface area contributed by atoms with Crippen LogP contribution in [0.4, 0.5) is 17.2 Å². The maximum absolute atomic E-state index is 10.9. The van der Waals surface area contributed by atoms with Crippen LogP contribution in [0.25, 0.3) is 0 Å². The molecule has 0 fully saturated rings. The van der Waals surface area contributed by atoms with Crippen LogP contribution in [-0.2, 0) is 7.05 Å². The normalized spacial score (nSPS) is 10.2. The van der Waals surface area contributed by atoms with Crippen LogP contribution in [0.5, 0.6) is 0 Å². The Bertz CT molecular complexity index is 564. The lowest BCUT2D eigenvalue weighted by Crippen LogP contribution is -2.06. The number of aryl methyl sites for hydroxylation is 1. The molecule has 0 bridgehead atoms. The van der Waals surface area contributed by atoms with Gasteiger partial charge in [-0.25, -0.2) is 9.78 Å². The molecule has 2 aromatic heterocycles. The molecule has 0 amide bonds. The molecule has 2 rings (SSSR count). The van der Waals surface area contributed by atoms with Gasteiger partial charge in [-0.1, -0.05) is 0 Å². The molecule has 0 aliphatic rings. The van der Waals surface area contributed by atoms with Crippen molar-refractivity contribution < 1.29 is 9.90 Å². The first kappa shape index (κ1) is 10.9. The maximum Gasteiger partial charge on any atom is 0.337 e. The number of nitrogens with one attached hydrogen (secondary N) is 1. The third kappa shape index (κ3) is 2.17. The van der Waals surface area contributed by atoms with E-state index in [2.05, 4.69) is 15.4 Å². The van der Waals surface area contributed by atoms with Crippen LogP contribution in [0.15, 0.2) is 24.7 Å². The van der Waals surface area contributed by atoms with Gasteiger partial charge >= 0.3 is 5.97 Å². The standard InChI is InChI=1S/C10H11N5O2/c1-15-5-6(4-13-15)14-9-8(11)7(10(16)17)2-3-12-9/h2-5H,11H2,1H3,(H,12,14)(H,16,17). The molecule has 4 N–H and O–H groups in total. The van der Waals surface area contributed by atoms with Crippen LogP contribution in [-0.4, -0.2) is 25.8 Å². The lowest BCUT2D eigenvalue weighted by Gasteiger charge is -2.07. The van der Waals surface area contributed by atoms with Crippen LogP contribution in [0.3, 0.4) is 0 Å². The fourth-order valence-electron chi connectivity index (χ4n) is 1.38. The fourth-order valence-corrected chi connectivity index (χ4v) is 1.38. The van der Waals surface area contributed by atoms with Gasteiger partial charge in [0.05, 0.1) is 23.1 Å². The number of anilines is 3. The summed E-state index contributed by atoms with van der Waals surface area (Å²) in [5.74, 6) is -0.781. The van der Waals surface area contributed by atoms with Crippen molar-refractivity contribution in [1.29, 1.82) is 0 Å². The van der Waals surface area contributed by atoms with Gasteiger partial charge in [-0.05, 0) is 6.07 Å². The van der Waals surface area contributed by atoms with E-state index >= 15 is 0 Å². The van der Waals surface area contributed by atoms with E-state index in [0.29, 0.717) is 11.5 Å². The van der Waals surface area contributed by atoms with E-state index in [1.54, 1.807) is 24.1 Å². The highest BCUT2D eigenvalue weighted by Crippen LogP contribution is 2.23. The summed E-state index contributed by atoms with van der Waals surface area (Å²) < 4.78 is 1.61. The molecule has 7 heteroatoms. The topological polar surface area (TPSA) is 106 Å². The van der Waals surface area contributed by atoms with Crippen molar-refractivity contribution in [3.8, 4) is 0 Å². The third-order valence-electron chi connectivity index (χ3n) is 2.19. The number of nitrogens with zero attached hydrogens (tertiary/aromatic N) is 3. The van der Waals surface area contributed by atoms with Crippen molar-refractivity contribution in [3.63, 3.8) is 0 Å². The second-order valence-corrected chi connectivity index (χ2v) is 3.45. The molecule has 7 nitrogen and oxygen atoms in total.